The fraction of sp³-hybridized carbons (Fsp3) is 0. The van der Waals surface area contributed by atoms with Crippen molar-refractivity contribution < 1.29 is 13.9 Å². The van der Waals surface area contributed by atoms with Gasteiger partial charge in [0.2, 0.25) is 0 Å². The summed E-state index contributed by atoms with van der Waals surface area (Å²) in [6.07, 6.45) is 0. The monoisotopic (exact) mass is 532 g/mol. The molecule has 0 unspecified atom stereocenters. The van der Waals surface area contributed by atoms with Gasteiger partial charge in [0, 0.05) is 34.9 Å². The Morgan fingerprint density at radius 2 is 1.05 bits per heavy atom. The molecule has 6 aromatic carbocycles. The van der Waals surface area contributed by atoms with Gasteiger partial charge < -0.3 is 13.9 Å². The van der Waals surface area contributed by atoms with Gasteiger partial charge in [0.1, 0.15) is 34.2 Å². The van der Waals surface area contributed by atoms with Gasteiger partial charge in [-0.2, -0.15) is 0 Å². The van der Waals surface area contributed by atoms with E-state index in [-0.39, 0.29) is 0 Å². The van der Waals surface area contributed by atoms with Crippen LogP contribution in [0.25, 0.3) is 44.2 Å². The van der Waals surface area contributed by atoms with Crippen LogP contribution in [-0.2, 0) is 0 Å². The molecule has 40 heavy (non-hydrogen) atoms. The molecule has 0 bridgehead atoms. The molecule has 3 nitrogen and oxygen atoms in total. The van der Waals surface area contributed by atoms with E-state index >= 15 is 0 Å². The van der Waals surface area contributed by atoms with E-state index in [1.54, 1.807) is 0 Å². The fourth-order valence-corrected chi connectivity index (χ4v) is 8.56. The molecule has 0 spiro atoms. The number of ether oxygens (including phenoxy) is 2. The first-order valence-corrected chi connectivity index (χ1v) is 14.7. The van der Waals surface area contributed by atoms with Gasteiger partial charge in [0.25, 0.3) is 0 Å². The summed E-state index contributed by atoms with van der Waals surface area (Å²) in [6, 6.07) is 44.3. The van der Waals surface area contributed by atoms with Crippen molar-refractivity contribution in [3.8, 4) is 45.3 Å². The molecule has 0 saturated carbocycles. The Kier molecular flexibility index (Phi) is 4.58. The summed E-state index contributed by atoms with van der Waals surface area (Å²) in [5, 5.41) is 5.90. The van der Waals surface area contributed by atoms with Crippen LogP contribution in [0.15, 0.2) is 132 Å². The van der Waals surface area contributed by atoms with Crippen LogP contribution < -0.4 is 25.4 Å². The Labute approximate surface area is 232 Å². The summed E-state index contributed by atoms with van der Waals surface area (Å²) in [7, 11) is -0.754. The molecule has 9 rings (SSSR count). The van der Waals surface area contributed by atoms with E-state index < -0.39 is 7.92 Å². The molecule has 0 atom stereocenters. The van der Waals surface area contributed by atoms with Crippen molar-refractivity contribution >= 4 is 45.8 Å². The SMILES string of the molecule is c1ccc2c(c1)Oc1cc(-c3ccc(-c4cccc5c4oc4ccccc45)cc3)cc3c1P2c1ccccc1O3. The van der Waals surface area contributed by atoms with Gasteiger partial charge in [0.05, 0.1) is 5.30 Å². The Morgan fingerprint density at radius 3 is 1.77 bits per heavy atom. The van der Waals surface area contributed by atoms with Crippen LogP contribution in [-0.4, -0.2) is 0 Å². The van der Waals surface area contributed by atoms with Gasteiger partial charge in [-0.05, 0) is 47.0 Å². The largest absolute Gasteiger partial charge is 0.456 e. The zero-order valence-corrected chi connectivity index (χ0v) is 22.2. The van der Waals surface area contributed by atoms with Crippen LogP contribution >= 0.6 is 7.92 Å². The summed E-state index contributed by atoms with van der Waals surface area (Å²) in [5.41, 5.74) is 6.21. The minimum absolute atomic E-state index is 0.754. The quantitative estimate of drug-likeness (QED) is 0.208. The first-order chi connectivity index (χ1) is 19.8. The zero-order valence-electron chi connectivity index (χ0n) is 21.3. The maximum absolute atomic E-state index is 6.50. The Balaban J connectivity index is 1.16. The van der Waals surface area contributed by atoms with Crippen molar-refractivity contribution in [2.75, 3.05) is 0 Å². The highest BCUT2D eigenvalue weighted by atomic mass is 31.1. The first-order valence-electron chi connectivity index (χ1n) is 13.3. The van der Waals surface area contributed by atoms with E-state index in [2.05, 4.69) is 103 Å². The normalized spacial score (nSPS) is 13.3. The van der Waals surface area contributed by atoms with Crippen LogP contribution in [0.4, 0.5) is 0 Å². The average molecular weight is 533 g/mol. The summed E-state index contributed by atoms with van der Waals surface area (Å²) in [5.74, 6) is 3.61. The molecule has 7 aromatic rings. The third-order valence-electron chi connectivity index (χ3n) is 7.85. The molecule has 0 N–H and O–H groups in total. The Morgan fingerprint density at radius 1 is 0.450 bits per heavy atom. The third kappa shape index (κ3) is 3.16. The maximum Gasteiger partial charge on any atom is 0.143 e. The molecule has 188 valence electrons. The Hall–Kier alpha value is -4.85. The van der Waals surface area contributed by atoms with E-state index in [1.807, 2.05) is 24.3 Å². The number of fused-ring (bicyclic) bond motifs is 7. The third-order valence-corrected chi connectivity index (χ3v) is 10.4. The van der Waals surface area contributed by atoms with Crippen LogP contribution in [0.3, 0.4) is 0 Å². The van der Waals surface area contributed by atoms with E-state index in [4.69, 9.17) is 13.9 Å². The molecule has 0 radical (unpaired) electrons. The lowest BCUT2D eigenvalue weighted by Crippen LogP contribution is -2.31. The van der Waals surface area contributed by atoms with Gasteiger partial charge in [-0.1, -0.05) is 97.1 Å². The molecule has 4 heteroatoms. The lowest BCUT2D eigenvalue weighted by atomic mass is 9.98. The van der Waals surface area contributed by atoms with Crippen molar-refractivity contribution in [2.45, 2.75) is 0 Å². The average Bonchev–Trinajstić information content (AvgIpc) is 3.40. The topological polar surface area (TPSA) is 31.6 Å². The van der Waals surface area contributed by atoms with Gasteiger partial charge in [-0.15, -0.1) is 0 Å². The summed E-state index contributed by atoms with van der Waals surface area (Å²) >= 11 is 0. The number of hydrogen-bond acceptors (Lipinski definition) is 3. The number of rotatable bonds is 2. The smallest absolute Gasteiger partial charge is 0.143 e. The lowest BCUT2D eigenvalue weighted by molar-refractivity contribution is 0.467. The van der Waals surface area contributed by atoms with Gasteiger partial charge >= 0.3 is 0 Å². The van der Waals surface area contributed by atoms with Crippen molar-refractivity contribution in [2.24, 2.45) is 0 Å². The Bertz CT molecular complexity index is 2050. The van der Waals surface area contributed by atoms with E-state index in [0.29, 0.717) is 0 Å². The number of para-hydroxylation sites is 4. The van der Waals surface area contributed by atoms with Crippen molar-refractivity contribution in [1.29, 1.82) is 0 Å². The molecule has 0 aliphatic carbocycles. The first kappa shape index (κ1) is 22.0. The number of hydrogen-bond donors (Lipinski definition) is 0. The second-order valence-electron chi connectivity index (χ2n) is 10.2. The van der Waals surface area contributed by atoms with Gasteiger partial charge in [-0.3, -0.25) is 0 Å². The van der Waals surface area contributed by atoms with Crippen molar-refractivity contribution in [1.82, 2.24) is 0 Å². The minimum atomic E-state index is -0.754. The van der Waals surface area contributed by atoms with Crippen LogP contribution in [0.1, 0.15) is 0 Å². The van der Waals surface area contributed by atoms with E-state index in [1.165, 1.54) is 10.6 Å². The van der Waals surface area contributed by atoms with Crippen LogP contribution in [0.5, 0.6) is 23.0 Å². The molecule has 3 heterocycles. The molecular weight excluding hydrogens is 511 g/mol. The van der Waals surface area contributed by atoms with Crippen LogP contribution in [0.2, 0.25) is 0 Å². The minimum Gasteiger partial charge on any atom is -0.456 e. The summed E-state index contributed by atoms with van der Waals surface area (Å²) in [4.78, 5) is 0. The standard InChI is InChI=1S/C36H21O3P/c1-2-11-28-26(8-1)27-10-7-9-25(35(27)39-28)23-18-16-22(17-19-23)24-20-31-36-32(21-24)38-30-13-4-6-15-34(30)40(36)33-14-5-3-12-29(33)37-31/h1-21H. The summed E-state index contributed by atoms with van der Waals surface area (Å²) < 4.78 is 19.3. The number of benzene rings is 6. The lowest BCUT2D eigenvalue weighted by Gasteiger charge is -2.34. The predicted octanol–water partition coefficient (Wildman–Crippen LogP) is 8.89. The van der Waals surface area contributed by atoms with Crippen molar-refractivity contribution in [3.05, 3.63) is 127 Å². The zero-order chi connectivity index (χ0) is 26.2. The molecule has 0 saturated heterocycles. The van der Waals surface area contributed by atoms with Gasteiger partial charge in [-0.25, -0.2) is 0 Å². The maximum atomic E-state index is 6.50. The molecule has 2 aliphatic heterocycles. The highest BCUT2D eigenvalue weighted by Crippen LogP contribution is 2.53. The van der Waals surface area contributed by atoms with Crippen molar-refractivity contribution in [3.63, 3.8) is 0 Å². The molecule has 0 fully saturated rings. The van der Waals surface area contributed by atoms with E-state index in [9.17, 15) is 0 Å². The second-order valence-corrected chi connectivity index (χ2v) is 12.2. The van der Waals surface area contributed by atoms with Gasteiger partial charge in [0.15, 0.2) is 0 Å². The highest BCUT2D eigenvalue weighted by Gasteiger charge is 2.37. The fourth-order valence-electron chi connectivity index (χ4n) is 6.01. The van der Waals surface area contributed by atoms with Crippen LogP contribution in [0, 0.1) is 0 Å². The molecule has 0 amide bonds. The highest BCUT2D eigenvalue weighted by molar-refractivity contribution is 7.80. The second kappa shape index (κ2) is 8.32. The predicted molar refractivity (Wildman–Crippen MR) is 163 cm³/mol. The molecule has 2 aliphatic rings. The molecule has 1 aromatic heterocycles. The number of furan rings is 1. The van der Waals surface area contributed by atoms with E-state index in [0.717, 1.165) is 72.5 Å². The summed E-state index contributed by atoms with van der Waals surface area (Å²) in [6.45, 7) is 0. The molecular formula is C36H21O3P.